The largest absolute Gasteiger partial charge is 0.389 e. The SMILES string of the molecule is Cc1[nH]c(S(=O)(=O)NC2CCc3c([nH]c4ccccc34)C2)cc1C(=O)NCC(C)(C)O. The summed E-state index contributed by atoms with van der Waals surface area (Å²) < 4.78 is 28.7. The summed E-state index contributed by atoms with van der Waals surface area (Å²) in [5.41, 5.74) is 3.03. The van der Waals surface area contributed by atoms with Crippen molar-refractivity contribution in [1.82, 2.24) is 20.0 Å². The minimum atomic E-state index is -3.82. The predicted molar refractivity (Wildman–Crippen MR) is 119 cm³/mol. The number of hydrogen-bond acceptors (Lipinski definition) is 4. The molecule has 0 fully saturated rings. The van der Waals surface area contributed by atoms with Crippen LogP contribution in [-0.4, -0.2) is 47.6 Å². The molecule has 0 saturated carbocycles. The van der Waals surface area contributed by atoms with Gasteiger partial charge in [-0.3, -0.25) is 4.79 Å². The average Bonchev–Trinajstić information content (AvgIpc) is 3.26. The third-order valence-electron chi connectivity index (χ3n) is 5.62. The van der Waals surface area contributed by atoms with E-state index in [9.17, 15) is 18.3 Å². The summed E-state index contributed by atoms with van der Waals surface area (Å²) in [6.45, 7) is 4.88. The van der Waals surface area contributed by atoms with Gasteiger partial charge in [-0.05, 0) is 51.3 Å². The highest BCUT2D eigenvalue weighted by Crippen LogP contribution is 2.29. The van der Waals surface area contributed by atoms with Crippen molar-refractivity contribution in [3.8, 4) is 0 Å². The Balaban J connectivity index is 1.49. The van der Waals surface area contributed by atoms with Gasteiger partial charge >= 0.3 is 0 Å². The molecular formula is C22H28N4O4S. The zero-order valence-corrected chi connectivity index (χ0v) is 18.7. The van der Waals surface area contributed by atoms with Crippen LogP contribution >= 0.6 is 0 Å². The lowest BCUT2D eigenvalue weighted by molar-refractivity contribution is 0.0694. The first-order valence-corrected chi connectivity index (χ1v) is 11.8. The minimum Gasteiger partial charge on any atom is -0.389 e. The van der Waals surface area contributed by atoms with E-state index in [0.29, 0.717) is 18.5 Å². The second-order valence-corrected chi connectivity index (χ2v) is 10.5. The molecular weight excluding hydrogens is 416 g/mol. The van der Waals surface area contributed by atoms with Crippen molar-refractivity contribution in [2.45, 2.75) is 56.7 Å². The van der Waals surface area contributed by atoms with Gasteiger partial charge in [0.1, 0.15) is 5.03 Å². The van der Waals surface area contributed by atoms with Gasteiger partial charge in [-0.15, -0.1) is 0 Å². The number of aryl methyl sites for hydroxylation is 2. The van der Waals surface area contributed by atoms with E-state index in [1.807, 2.05) is 18.2 Å². The van der Waals surface area contributed by atoms with Crippen LogP contribution in [0.25, 0.3) is 10.9 Å². The Morgan fingerprint density at radius 1 is 1.26 bits per heavy atom. The summed E-state index contributed by atoms with van der Waals surface area (Å²) in [4.78, 5) is 18.6. The zero-order chi connectivity index (χ0) is 22.4. The first-order chi connectivity index (χ1) is 14.5. The van der Waals surface area contributed by atoms with Crippen LogP contribution in [0.4, 0.5) is 0 Å². The van der Waals surface area contributed by atoms with E-state index in [0.717, 1.165) is 17.6 Å². The van der Waals surface area contributed by atoms with Crippen LogP contribution in [0.1, 0.15) is 47.6 Å². The molecule has 9 heteroatoms. The van der Waals surface area contributed by atoms with Crippen LogP contribution in [-0.2, 0) is 22.9 Å². The number of aromatic amines is 2. The molecule has 1 amide bonds. The minimum absolute atomic E-state index is 0.0409. The average molecular weight is 445 g/mol. The molecule has 2 aromatic heterocycles. The number of aromatic nitrogens is 2. The highest BCUT2D eigenvalue weighted by molar-refractivity contribution is 7.89. The first-order valence-electron chi connectivity index (χ1n) is 10.3. The van der Waals surface area contributed by atoms with Crippen molar-refractivity contribution in [1.29, 1.82) is 0 Å². The highest BCUT2D eigenvalue weighted by atomic mass is 32.2. The van der Waals surface area contributed by atoms with Crippen LogP contribution in [0, 0.1) is 6.92 Å². The maximum absolute atomic E-state index is 13.0. The molecule has 2 heterocycles. The molecule has 166 valence electrons. The molecule has 0 bridgehead atoms. The predicted octanol–water partition coefficient (Wildman–Crippen LogP) is 2.14. The Bertz CT molecular complexity index is 1230. The number of fused-ring (bicyclic) bond motifs is 3. The third-order valence-corrected chi connectivity index (χ3v) is 7.07. The van der Waals surface area contributed by atoms with Crippen LogP contribution < -0.4 is 10.0 Å². The number of benzene rings is 1. The molecule has 1 atom stereocenters. The van der Waals surface area contributed by atoms with Crippen molar-refractivity contribution in [2.24, 2.45) is 0 Å². The molecule has 0 aliphatic heterocycles. The van der Waals surface area contributed by atoms with Gasteiger partial charge in [-0.25, -0.2) is 13.1 Å². The molecule has 1 unspecified atom stereocenters. The van der Waals surface area contributed by atoms with E-state index in [-0.39, 0.29) is 23.2 Å². The summed E-state index contributed by atoms with van der Waals surface area (Å²) in [6.07, 6.45) is 2.08. The van der Waals surface area contributed by atoms with Gasteiger partial charge in [0.2, 0.25) is 0 Å². The van der Waals surface area contributed by atoms with E-state index in [1.165, 1.54) is 17.0 Å². The molecule has 4 rings (SSSR count). The maximum Gasteiger partial charge on any atom is 0.256 e. The molecule has 3 aromatic rings. The number of rotatable bonds is 6. The second-order valence-electron chi connectivity index (χ2n) is 8.86. The molecule has 31 heavy (non-hydrogen) atoms. The smallest absolute Gasteiger partial charge is 0.256 e. The summed E-state index contributed by atoms with van der Waals surface area (Å²) in [7, 11) is -3.82. The summed E-state index contributed by atoms with van der Waals surface area (Å²) >= 11 is 0. The van der Waals surface area contributed by atoms with Crippen LogP contribution in [0.5, 0.6) is 0 Å². The van der Waals surface area contributed by atoms with Crippen LogP contribution in [0.3, 0.4) is 0 Å². The van der Waals surface area contributed by atoms with Gasteiger partial charge in [0.25, 0.3) is 15.9 Å². The number of H-pyrrole nitrogens is 2. The van der Waals surface area contributed by atoms with E-state index in [2.05, 4.69) is 26.1 Å². The normalized spacial score (nSPS) is 17.0. The Hall–Kier alpha value is -2.62. The highest BCUT2D eigenvalue weighted by Gasteiger charge is 2.28. The Morgan fingerprint density at radius 2 is 2.00 bits per heavy atom. The molecule has 5 N–H and O–H groups in total. The topological polar surface area (TPSA) is 127 Å². The van der Waals surface area contributed by atoms with E-state index in [1.54, 1.807) is 20.8 Å². The van der Waals surface area contributed by atoms with Crippen molar-refractivity contribution in [2.75, 3.05) is 6.54 Å². The van der Waals surface area contributed by atoms with Crippen molar-refractivity contribution < 1.29 is 18.3 Å². The standard InChI is InChI=1S/C22H28N4O4S/c1-13-17(21(27)23-12-22(2,3)28)11-20(24-13)31(29,30)26-14-8-9-16-15-6-4-5-7-18(15)25-19(16)10-14/h4-7,11,14,24-26,28H,8-10,12H2,1-3H3,(H,23,27). The lowest BCUT2D eigenvalue weighted by Gasteiger charge is -2.23. The summed E-state index contributed by atoms with van der Waals surface area (Å²) in [5, 5.41) is 13.6. The van der Waals surface area contributed by atoms with Gasteiger partial charge in [0.05, 0.1) is 11.2 Å². The van der Waals surface area contributed by atoms with Gasteiger partial charge in [-0.2, -0.15) is 0 Å². The maximum atomic E-state index is 13.0. The first kappa shape index (κ1) is 21.6. The number of para-hydroxylation sites is 1. The van der Waals surface area contributed by atoms with Gasteiger partial charge in [0, 0.05) is 41.3 Å². The van der Waals surface area contributed by atoms with E-state index >= 15 is 0 Å². The molecule has 0 spiro atoms. The fourth-order valence-corrected chi connectivity index (χ4v) is 5.39. The fraction of sp³-hybridized carbons (Fsp3) is 0.409. The third kappa shape index (κ3) is 4.53. The molecule has 1 aliphatic carbocycles. The Morgan fingerprint density at radius 3 is 2.74 bits per heavy atom. The lowest BCUT2D eigenvalue weighted by atomic mass is 9.92. The second kappa shape index (κ2) is 7.81. The zero-order valence-electron chi connectivity index (χ0n) is 17.9. The Labute approximate surface area is 181 Å². The quantitative estimate of drug-likeness (QED) is 0.399. The number of carbonyl (C=O) groups excluding carboxylic acids is 1. The van der Waals surface area contributed by atoms with Crippen molar-refractivity contribution >= 4 is 26.8 Å². The summed E-state index contributed by atoms with van der Waals surface area (Å²) in [6, 6.07) is 9.21. The van der Waals surface area contributed by atoms with Crippen LogP contribution in [0.15, 0.2) is 35.4 Å². The molecule has 1 aromatic carbocycles. The van der Waals surface area contributed by atoms with Gasteiger partial charge in [0.15, 0.2) is 0 Å². The Kier molecular flexibility index (Phi) is 5.45. The fourth-order valence-electron chi connectivity index (χ4n) is 4.07. The number of nitrogens with one attached hydrogen (secondary N) is 4. The van der Waals surface area contributed by atoms with Crippen LogP contribution in [0.2, 0.25) is 0 Å². The molecule has 0 radical (unpaired) electrons. The molecule has 1 aliphatic rings. The monoisotopic (exact) mass is 444 g/mol. The van der Waals surface area contributed by atoms with Crippen molar-refractivity contribution in [3.05, 3.63) is 52.8 Å². The number of amides is 1. The van der Waals surface area contributed by atoms with E-state index < -0.39 is 21.5 Å². The number of sulfonamides is 1. The lowest BCUT2D eigenvalue weighted by Crippen LogP contribution is -2.39. The summed E-state index contributed by atoms with van der Waals surface area (Å²) in [5.74, 6) is -0.433. The number of aliphatic hydroxyl groups is 1. The molecule has 8 nitrogen and oxygen atoms in total. The van der Waals surface area contributed by atoms with E-state index in [4.69, 9.17) is 0 Å². The number of hydrogen-bond donors (Lipinski definition) is 5. The number of carbonyl (C=O) groups is 1. The van der Waals surface area contributed by atoms with Gasteiger partial charge in [-0.1, -0.05) is 18.2 Å². The van der Waals surface area contributed by atoms with Gasteiger partial charge < -0.3 is 20.4 Å². The molecule has 0 saturated heterocycles. The van der Waals surface area contributed by atoms with Crippen molar-refractivity contribution in [3.63, 3.8) is 0 Å².